The molecule has 2 aromatic rings. The summed E-state index contributed by atoms with van der Waals surface area (Å²) in [6.07, 6.45) is 0.276. The van der Waals surface area contributed by atoms with Gasteiger partial charge >= 0.3 is 6.09 Å². The summed E-state index contributed by atoms with van der Waals surface area (Å²) < 4.78 is 5.22. The van der Waals surface area contributed by atoms with Crippen molar-refractivity contribution in [3.63, 3.8) is 0 Å². The number of rotatable bonds is 13. The molecular weight excluding hydrogens is 462 g/mol. The normalized spacial score (nSPS) is 12.3. The maximum Gasteiger partial charge on any atom is 0.408 e. The number of benzene rings is 2. The van der Waals surface area contributed by atoms with E-state index in [0.717, 1.165) is 11.1 Å². The lowest BCUT2D eigenvalue weighted by molar-refractivity contribution is -0.140. The minimum atomic E-state index is -1.03. The monoisotopic (exact) mass is 497 g/mol. The van der Waals surface area contributed by atoms with Crippen LogP contribution >= 0.6 is 0 Å². The van der Waals surface area contributed by atoms with E-state index in [9.17, 15) is 24.3 Å². The first-order valence-corrected chi connectivity index (χ1v) is 12.1. The number of ether oxygens (including phenoxy) is 1. The predicted molar refractivity (Wildman–Crippen MR) is 135 cm³/mol. The van der Waals surface area contributed by atoms with Crippen molar-refractivity contribution in [2.75, 3.05) is 6.54 Å². The van der Waals surface area contributed by atoms with Crippen molar-refractivity contribution in [2.45, 2.75) is 58.7 Å². The number of phenolic OH excluding ortho intramolecular Hbond substituents is 1. The van der Waals surface area contributed by atoms with E-state index in [1.54, 1.807) is 31.2 Å². The first-order chi connectivity index (χ1) is 17.2. The van der Waals surface area contributed by atoms with Gasteiger partial charge in [-0.25, -0.2) is 4.79 Å². The van der Waals surface area contributed by atoms with Crippen LogP contribution in [0.4, 0.5) is 4.79 Å². The van der Waals surface area contributed by atoms with Gasteiger partial charge in [0.2, 0.25) is 11.7 Å². The van der Waals surface area contributed by atoms with Crippen LogP contribution in [-0.4, -0.2) is 47.4 Å². The molecule has 2 atom stereocenters. The molecule has 0 saturated heterocycles. The third-order valence-electron chi connectivity index (χ3n) is 5.43. The van der Waals surface area contributed by atoms with Crippen LogP contribution in [0.2, 0.25) is 0 Å². The van der Waals surface area contributed by atoms with E-state index < -0.39 is 35.8 Å². The molecule has 0 radical (unpaired) electrons. The summed E-state index contributed by atoms with van der Waals surface area (Å²) in [6.45, 7) is 5.78. The second-order valence-electron chi connectivity index (χ2n) is 8.89. The van der Waals surface area contributed by atoms with Gasteiger partial charge in [0.25, 0.3) is 5.91 Å². The third-order valence-corrected chi connectivity index (χ3v) is 5.43. The molecule has 0 aliphatic carbocycles. The zero-order valence-electron chi connectivity index (χ0n) is 21.0. The predicted octanol–water partition coefficient (Wildman–Crippen LogP) is 2.86. The number of aromatic hydroxyl groups is 1. The molecule has 1 unspecified atom stereocenters. The molecule has 0 heterocycles. The summed E-state index contributed by atoms with van der Waals surface area (Å²) in [4.78, 5) is 50.3. The van der Waals surface area contributed by atoms with Gasteiger partial charge in [0.05, 0.1) is 6.04 Å². The molecule has 0 fully saturated rings. The Morgan fingerprint density at radius 3 is 2.17 bits per heavy atom. The highest BCUT2D eigenvalue weighted by Crippen LogP contribution is 2.10. The van der Waals surface area contributed by atoms with E-state index in [2.05, 4.69) is 16.0 Å². The van der Waals surface area contributed by atoms with Gasteiger partial charge in [-0.05, 0) is 48.4 Å². The summed E-state index contributed by atoms with van der Waals surface area (Å²) in [5.74, 6) is -1.89. The van der Waals surface area contributed by atoms with E-state index in [1.165, 1.54) is 0 Å². The first kappa shape index (κ1) is 28.4. The van der Waals surface area contributed by atoms with E-state index in [4.69, 9.17) is 4.74 Å². The molecule has 0 saturated carbocycles. The van der Waals surface area contributed by atoms with Gasteiger partial charge in [0.1, 0.15) is 18.4 Å². The molecule has 0 aliphatic heterocycles. The molecule has 0 bridgehead atoms. The quantitative estimate of drug-likeness (QED) is 0.315. The number of Topliss-reactive ketones (excluding diaryl/α,β-unsaturated/α-hetero) is 1. The Morgan fingerprint density at radius 1 is 0.889 bits per heavy atom. The maximum atomic E-state index is 12.9. The van der Waals surface area contributed by atoms with Gasteiger partial charge in [-0.2, -0.15) is 0 Å². The van der Waals surface area contributed by atoms with Crippen LogP contribution < -0.4 is 16.0 Å². The number of hydrogen-bond acceptors (Lipinski definition) is 6. The number of ketones is 1. The van der Waals surface area contributed by atoms with Gasteiger partial charge in [-0.3, -0.25) is 14.4 Å². The maximum absolute atomic E-state index is 12.9. The number of hydrogen-bond donors (Lipinski definition) is 4. The molecule has 4 N–H and O–H groups in total. The average Bonchev–Trinajstić information content (AvgIpc) is 2.86. The van der Waals surface area contributed by atoms with Crippen molar-refractivity contribution < 1.29 is 29.0 Å². The topological polar surface area (TPSA) is 134 Å². The summed E-state index contributed by atoms with van der Waals surface area (Å²) in [5, 5.41) is 17.1. The van der Waals surface area contributed by atoms with Crippen molar-refractivity contribution in [3.05, 3.63) is 65.7 Å². The van der Waals surface area contributed by atoms with Crippen molar-refractivity contribution in [2.24, 2.45) is 5.92 Å². The molecule has 2 rings (SSSR count). The molecule has 0 aliphatic rings. The van der Waals surface area contributed by atoms with Crippen LogP contribution in [-0.2, 0) is 32.1 Å². The van der Waals surface area contributed by atoms with Crippen molar-refractivity contribution >= 4 is 23.7 Å². The largest absolute Gasteiger partial charge is 0.508 e. The highest BCUT2D eigenvalue weighted by molar-refractivity contribution is 6.38. The van der Waals surface area contributed by atoms with Crippen molar-refractivity contribution in [1.82, 2.24) is 16.0 Å². The standard InChI is InChI=1S/C27H35N3O6/c1-4-22(24(32)26(34)28-15-14-19-10-12-21(31)13-11-19)29-25(33)23(16-18(2)3)30-27(35)36-17-20-8-6-5-7-9-20/h5-13,18,22-23,31H,4,14-17H2,1-3H3,(H,28,34)(H,29,33)(H,30,35)/t22?,23-/m0/s1. The zero-order valence-corrected chi connectivity index (χ0v) is 21.0. The highest BCUT2D eigenvalue weighted by Gasteiger charge is 2.29. The summed E-state index contributed by atoms with van der Waals surface area (Å²) >= 11 is 0. The van der Waals surface area contributed by atoms with Crippen LogP contribution in [0.3, 0.4) is 0 Å². The third kappa shape index (κ3) is 9.77. The Balaban J connectivity index is 1.89. The highest BCUT2D eigenvalue weighted by atomic mass is 16.5. The SMILES string of the molecule is CCC(NC(=O)[C@H](CC(C)C)NC(=O)OCc1ccccc1)C(=O)C(=O)NCCc1ccc(O)cc1. The fourth-order valence-electron chi connectivity index (χ4n) is 3.46. The lowest BCUT2D eigenvalue weighted by Gasteiger charge is -2.23. The Labute approximate surface area is 211 Å². The van der Waals surface area contributed by atoms with Gasteiger partial charge < -0.3 is 25.8 Å². The Kier molecular flexibility index (Phi) is 11.4. The average molecular weight is 498 g/mol. The number of amides is 3. The van der Waals surface area contributed by atoms with E-state index >= 15 is 0 Å². The van der Waals surface area contributed by atoms with E-state index in [0.29, 0.717) is 12.8 Å². The Hall–Kier alpha value is -3.88. The van der Waals surface area contributed by atoms with Crippen LogP contribution in [0, 0.1) is 5.92 Å². The number of nitrogens with one attached hydrogen (secondary N) is 3. The number of carbonyl (C=O) groups is 4. The second-order valence-corrected chi connectivity index (χ2v) is 8.89. The molecule has 9 nitrogen and oxygen atoms in total. The Bertz CT molecular complexity index is 1010. The summed E-state index contributed by atoms with van der Waals surface area (Å²) in [7, 11) is 0. The fourth-order valence-corrected chi connectivity index (χ4v) is 3.46. The zero-order chi connectivity index (χ0) is 26.5. The number of alkyl carbamates (subject to hydrolysis) is 1. The molecule has 194 valence electrons. The van der Waals surface area contributed by atoms with Crippen molar-refractivity contribution in [3.8, 4) is 5.75 Å². The lowest BCUT2D eigenvalue weighted by atomic mass is 10.0. The molecule has 2 aromatic carbocycles. The number of phenols is 1. The second kappa shape index (κ2) is 14.5. The smallest absolute Gasteiger partial charge is 0.408 e. The van der Waals surface area contributed by atoms with Gasteiger partial charge in [-0.15, -0.1) is 0 Å². The molecule has 0 aromatic heterocycles. The van der Waals surface area contributed by atoms with Gasteiger partial charge in [-0.1, -0.05) is 63.2 Å². The van der Waals surface area contributed by atoms with Crippen LogP contribution in [0.5, 0.6) is 5.75 Å². The molecule has 3 amide bonds. The summed E-state index contributed by atoms with van der Waals surface area (Å²) in [6, 6.07) is 13.7. The summed E-state index contributed by atoms with van der Waals surface area (Å²) in [5.41, 5.74) is 1.70. The van der Waals surface area contributed by atoms with Gasteiger partial charge in [0, 0.05) is 6.54 Å². The van der Waals surface area contributed by atoms with Crippen molar-refractivity contribution in [1.29, 1.82) is 0 Å². The molecule has 0 spiro atoms. The van der Waals surface area contributed by atoms with Crippen LogP contribution in [0.15, 0.2) is 54.6 Å². The minimum Gasteiger partial charge on any atom is -0.508 e. The van der Waals surface area contributed by atoms with Gasteiger partial charge in [0.15, 0.2) is 0 Å². The molecule has 9 heteroatoms. The molecule has 36 heavy (non-hydrogen) atoms. The van der Waals surface area contributed by atoms with Crippen LogP contribution in [0.25, 0.3) is 0 Å². The fraction of sp³-hybridized carbons (Fsp3) is 0.407. The number of carbonyl (C=O) groups excluding carboxylic acids is 4. The van der Waals surface area contributed by atoms with E-state index in [-0.39, 0.29) is 31.2 Å². The van der Waals surface area contributed by atoms with E-state index in [1.807, 2.05) is 44.2 Å². The minimum absolute atomic E-state index is 0.0586. The lowest BCUT2D eigenvalue weighted by Crippen LogP contribution is -2.54. The molecular formula is C27H35N3O6. The first-order valence-electron chi connectivity index (χ1n) is 12.1. The van der Waals surface area contributed by atoms with Crippen LogP contribution in [0.1, 0.15) is 44.7 Å². The Morgan fingerprint density at radius 2 is 1.56 bits per heavy atom.